The van der Waals surface area contributed by atoms with Crippen molar-refractivity contribution in [1.29, 1.82) is 0 Å². The summed E-state index contributed by atoms with van der Waals surface area (Å²) in [5.41, 5.74) is 0.843. The van der Waals surface area contributed by atoms with Gasteiger partial charge in [-0.1, -0.05) is 23.7 Å². The second kappa shape index (κ2) is 5.47. The van der Waals surface area contributed by atoms with Crippen molar-refractivity contribution in [3.63, 3.8) is 0 Å². The summed E-state index contributed by atoms with van der Waals surface area (Å²) >= 11 is 5.75. The summed E-state index contributed by atoms with van der Waals surface area (Å²) in [5, 5.41) is 3.37. The maximum Gasteiger partial charge on any atom is 0.405 e. The normalized spacial score (nSPS) is 22.1. The van der Waals surface area contributed by atoms with Crippen molar-refractivity contribution in [2.24, 2.45) is 0 Å². The second-order valence-corrected chi connectivity index (χ2v) is 4.79. The SMILES string of the molecule is FC(F)(F)C1CNCCN1Cc1ccc(Cl)cc1. The molecule has 1 aliphatic rings. The molecule has 1 atom stereocenters. The van der Waals surface area contributed by atoms with Gasteiger partial charge in [-0.25, -0.2) is 0 Å². The third-order valence-corrected chi connectivity index (χ3v) is 3.28. The molecule has 6 heteroatoms. The van der Waals surface area contributed by atoms with Crippen molar-refractivity contribution in [1.82, 2.24) is 10.2 Å². The van der Waals surface area contributed by atoms with Crippen LogP contribution in [0.15, 0.2) is 24.3 Å². The van der Waals surface area contributed by atoms with Gasteiger partial charge in [0.05, 0.1) is 0 Å². The molecule has 1 aromatic carbocycles. The number of benzene rings is 1. The zero-order valence-corrected chi connectivity index (χ0v) is 10.4. The molecular weight excluding hydrogens is 265 g/mol. The van der Waals surface area contributed by atoms with Gasteiger partial charge in [0, 0.05) is 31.2 Å². The first-order valence-electron chi connectivity index (χ1n) is 5.73. The van der Waals surface area contributed by atoms with E-state index >= 15 is 0 Å². The van der Waals surface area contributed by atoms with E-state index in [1.165, 1.54) is 4.90 Å². The molecule has 18 heavy (non-hydrogen) atoms. The lowest BCUT2D eigenvalue weighted by Crippen LogP contribution is -2.57. The number of hydrogen-bond acceptors (Lipinski definition) is 2. The van der Waals surface area contributed by atoms with E-state index in [1.807, 2.05) is 0 Å². The predicted molar refractivity (Wildman–Crippen MR) is 64.6 cm³/mol. The third kappa shape index (κ3) is 3.37. The van der Waals surface area contributed by atoms with Crippen LogP contribution < -0.4 is 5.32 Å². The maximum atomic E-state index is 12.9. The quantitative estimate of drug-likeness (QED) is 0.895. The Bertz CT molecular complexity index is 391. The van der Waals surface area contributed by atoms with Gasteiger partial charge in [-0.05, 0) is 17.7 Å². The zero-order chi connectivity index (χ0) is 13.2. The van der Waals surface area contributed by atoms with E-state index in [9.17, 15) is 13.2 Å². The van der Waals surface area contributed by atoms with Crippen molar-refractivity contribution in [3.05, 3.63) is 34.9 Å². The highest BCUT2D eigenvalue weighted by atomic mass is 35.5. The van der Waals surface area contributed by atoms with Gasteiger partial charge in [-0.15, -0.1) is 0 Å². The first-order chi connectivity index (χ1) is 8.47. The second-order valence-electron chi connectivity index (χ2n) is 4.36. The van der Waals surface area contributed by atoms with Crippen molar-refractivity contribution in [2.45, 2.75) is 18.8 Å². The zero-order valence-electron chi connectivity index (χ0n) is 9.67. The first kappa shape index (κ1) is 13.6. The molecule has 0 aliphatic carbocycles. The Hall–Kier alpha value is -0.780. The molecule has 1 saturated heterocycles. The van der Waals surface area contributed by atoms with Gasteiger partial charge in [-0.3, -0.25) is 4.90 Å². The molecule has 2 rings (SSSR count). The molecule has 1 aliphatic heterocycles. The van der Waals surface area contributed by atoms with Crippen LogP contribution >= 0.6 is 11.6 Å². The minimum Gasteiger partial charge on any atom is -0.314 e. The Morgan fingerprint density at radius 1 is 1.28 bits per heavy atom. The van der Waals surface area contributed by atoms with Crippen LogP contribution in [0.2, 0.25) is 5.02 Å². The average molecular weight is 279 g/mol. The molecule has 0 aromatic heterocycles. The number of halogens is 4. The highest BCUT2D eigenvalue weighted by molar-refractivity contribution is 6.30. The molecule has 0 spiro atoms. The fourth-order valence-corrected chi connectivity index (χ4v) is 2.21. The smallest absolute Gasteiger partial charge is 0.314 e. The number of alkyl halides is 3. The molecule has 1 aromatic rings. The lowest BCUT2D eigenvalue weighted by Gasteiger charge is -2.37. The number of hydrogen-bond donors (Lipinski definition) is 1. The first-order valence-corrected chi connectivity index (χ1v) is 6.10. The van der Waals surface area contributed by atoms with E-state index < -0.39 is 12.2 Å². The van der Waals surface area contributed by atoms with Crippen molar-refractivity contribution in [3.8, 4) is 0 Å². The Labute approximate surface area is 109 Å². The Kier molecular flexibility index (Phi) is 4.14. The number of nitrogens with zero attached hydrogens (tertiary/aromatic N) is 1. The molecule has 0 saturated carbocycles. The van der Waals surface area contributed by atoms with Gasteiger partial charge >= 0.3 is 6.18 Å². The van der Waals surface area contributed by atoms with Gasteiger partial charge in [0.15, 0.2) is 0 Å². The average Bonchev–Trinajstić information content (AvgIpc) is 2.31. The largest absolute Gasteiger partial charge is 0.405 e. The molecular formula is C12H14ClF3N2. The van der Waals surface area contributed by atoms with Gasteiger partial charge in [0.25, 0.3) is 0 Å². The van der Waals surface area contributed by atoms with E-state index in [0.29, 0.717) is 24.7 Å². The van der Waals surface area contributed by atoms with Gasteiger partial charge in [-0.2, -0.15) is 13.2 Å². The summed E-state index contributed by atoms with van der Waals surface area (Å²) in [5.74, 6) is 0. The van der Waals surface area contributed by atoms with Gasteiger partial charge in [0.2, 0.25) is 0 Å². The molecule has 1 unspecified atom stereocenters. The molecule has 1 heterocycles. The topological polar surface area (TPSA) is 15.3 Å². The minimum atomic E-state index is -4.19. The van der Waals surface area contributed by atoms with E-state index in [2.05, 4.69) is 5.32 Å². The standard InChI is InChI=1S/C12H14ClF3N2/c13-10-3-1-9(2-4-10)8-18-6-5-17-7-11(18)12(14,15)16/h1-4,11,17H,5-8H2. The number of piperazine rings is 1. The van der Waals surface area contributed by atoms with Gasteiger partial charge < -0.3 is 5.32 Å². The van der Waals surface area contributed by atoms with E-state index in [4.69, 9.17) is 11.6 Å². The van der Waals surface area contributed by atoms with Crippen molar-refractivity contribution < 1.29 is 13.2 Å². The molecule has 1 N–H and O–H groups in total. The lowest BCUT2D eigenvalue weighted by atomic mass is 10.1. The molecule has 0 radical (unpaired) electrons. The maximum absolute atomic E-state index is 12.9. The van der Waals surface area contributed by atoms with Crippen LogP contribution in [0.3, 0.4) is 0 Å². The minimum absolute atomic E-state index is 0.0446. The van der Waals surface area contributed by atoms with Crippen LogP contribution in [0.25, 0.3) is 0 Å². The Balaban J connectivity index is 2.08. The summed E-state index contributed by atoms with van der Waals surface area (Å²) < 4.78 is 38.6. The van der Waals surface area contributed by atoms with Crippen LogP contribution in [0.4, 0.5) is 13.2 Å². The lowest BCUT2D eigenvalue weighted by molar-refractivity contribution is -0.188. The Morgan fingerprint density at radius 2 is 1.94 bits per heavy atom. The number of rotatable bonds is 2. The van der Waals surface area contributed by atoms with Crippen LogP contribution in [-0.4, -0.2) is 36.8 Å². The van der Waals surface area contributed by atoms with Crippen LogP contribution in [-0.2, 0) is 6.54 Å². The molecule has 1 fully saturated rings. The molecule has 0 bridgehead atoms. The highest BCUT2D eigenvalue weighted by Gasteiger charge is 2.44. The Morgan fingerprint density at radius 3 is 2.56 bits per heavy atom. The van der Waals surface area contributed by atoms with Crippen LogP contribution in [0, 0.1) is 0 Å². The fraction of sp³-hybridized carbons (Fsp3) is 0.500. The predicted octanol–water partition coefficient (Wildman–Crippen LogP) is 2.68. The molecule has 0 amide bonds. The third-order valence-electron chi connectivity index (χ3n) is 3.03. The fourth-order valence-electron chi connectivity index (χ4n) is 2.08. The monoisotopic (exact) mass is 278 g/mol. The van der Waals surface area contributed by atoms with Crippen molar-refractivity contribution >= 4 is 11.6 Å². The summed E-state index contributed by atoms with van der Waals surface area (Å²) in [7, 11) is 0. The van der Waals surface area contributed by atoms with Crippen LogP contribution in [0.5, 0.6) is 0 Å². The van der Waals surface area contributed by atoms with E-state index in [1.54, 1.807) is 24.3 Å². The summed E-state index contributed by atoms with van der Waals surface area (Å²) in [4.78, 5) is 1.46. The summed E-state index contributed by atoms with van der Waals surface area (Å²) in [6.07, 6.45) is -4.19. The van der Waals surface area contributed by atoms with E-state index in [0.717, 1.165) is 5.56 Å². The van der Waals surface area contributed by atoms with Gasteiger partial charge in [0.1, 0.15) is 6.04 Å². The van der Waals surface area contributed by atoms with Crippen LogP contribution in [0.1, 0.15) is 5.56 Å². The molecule has 100 valence electrons. The highest BCUT2D eigenvalue weighted by Crippen LogP contribution is 2.27. The van der Waals surface area contributed by atoms with Crippen molar-refractivity contribution in [2.75, 3.05) is 19.6 Å². The summed E-state index contributed by atoms with van der Waals surface area (Å²) in [6.45, 7) is 1.23. The summed E-state index contributed by atoms with van der Waals surface area (Å²) in [6, 6.07) is 5.50. The number of nitrogens with one attached hydrogen (secondary N) is 1. The molecule has 2 nitrogen and oxygen atoms in total. The van der Waals surface area contributed by atoms with E-state index in [-0.39, 0.29) is 6.54 Å².